The second-order valence-electron chi connectivity index (χ2n) is 2.67. The molecule has 18 heteroatoms. The van der Waals surface area contributed by atoms with E-state index in [0.29, 0.717) is 0 Å². The largest absolute Gasteiger partial charge is 0.469 e. The first-order valence-electron chi connectivity index (χ1n) is 5.70. The van der Waals surface area contributed by atoms with Crippen LogP contribution in [0.5, 0.6) is 0 Å². The topological polar surface area (TPSA) is 224 Å². The summed E-state index contributed by atoms with van der Waals surface area (Å²) in [4.78, 5) is 52.6. The molecule has 6 N–H and O–H groups in total. The van der Waals surface area contributed by atoms with Gasteiger partial charge in [0.2, 0.25) is 0 Å². The molecule has 0 aliphatic carbocycles. The second kappa shape index (κ2) is 37.5. The Labute approximate surface area is 197 Å². The van der Waals surface area contributed by atoms with Gasteiger partial charge in [-0.15, -0.1) is 0 Å². The molecular weight excluding hydrogens is 549 g/mol. The van der Waals surface area contributed by atoms with E-state index in [4.69, 9.17) is 59.4 Å². The fraction of sp³-hybridized carbons (Fsp3) is 0. The average molecular weight is 561 g/mol. The predicted octanol–water partition coefficient (Wildman–Crippen LogP) is 7.11. The zero-order valence-electron chi connectivity index (χ0n) is 13.9. The highest BCUT2D eigenvalue weighted by molar-refractivity contribution is 6.61. The highest BCUT2D eigenvalue weighted by Gasteiger charge is 1.72. The molecule has 0 saturated carbocycles. The molecule has 0 aliphatic rings. The molecule has 0 aliphatic heterocycles. The molecule has 1 aromatic carbocycles. The average Bonchev–Trinajstić information content (AvgIpc) is 2.45. The Morgan fingerprint density at radius 1 is 0.333 bits per heavy atom. The summed E-state index contributed by atoms with van der Waals surface area (Å²) in [5.74, 6) is 0. The summed E-state index contributed by atoms with van der Waals surface area (Å²) in [6.45, 7) is 0. The lowest BCUT2D eigenvalue weighted by Gasteiger charge is -1.69. The van der Waals surface area contributed by atoms with Crippen molar-refractivity contribution in [3.63, 3.8) is 0 Å². The van der Waals surface area contributed by atoms with Gasteiger partial charge in [-0.1, -0.05) is 36.4 Å². The Kier molecular flexibility index (Phi) is 52.5. The van der Waals surface area contributed by atoms with Crippen molar-refractivity contribution < 1.29 is 59.4 Å². The van der Waals surface area contributed by atoms with Crippen molar-refractivity contribution in [1.82, 2.24) is 0 Å². The van der Waals surface area contributed by atoms with Crippen LogP contribution in [0.15, 0.2) is 36.4 Å². The van der Waals surface area contributed by atoms with Crippen molar-refractivity contribution in [3.8, 4) is 0 Å². The van der Waals surface area contributed by atoms with Gasteiger partial charge in [0.05, 0.1) is 0 Å². The Morgan fingerprint density at radius 3 is 0.400 bits per heavy atom. The van der Waals surface area contributed by atoms with E-state index in [1.807, 2.05) is 36.4 Å². The van der Waals surface area contributed by atoms with E-state index in [1.165, 1.54) is 0 Å². The third kappa shape index (κ3) is 1110. The molecule has 0 saturated heterocycles. The van der Waals surface area contributed by atoms with Crippen LogP contribution in [0.2, 0.25) is 0 Å². The van der Waals surface area contributed by atoms with Gasteiger partial charge in [-0.25, -0.2) is 28.8 Å². The zero-order valence-corrected chi connectivity index (χ0v) is 18.4. The van der Waals surface area contributed by atoms with Gasteiger partial charge >= 0.3 is 32.6 Å². The monoisotopic (exact) mass is 558 g/mol. The van der Waals surface area contributed by atoms with E-state index in [2.05, 4.69) is 69.6 Å². The molecule has 0 amide bonds. The minimum Gasteiger partial charge on any atom is -0.469 e. The maximum Gasteiger partial charge on any atom is 0.401 e. The Hall–Kier alpha value is -2.22. The minimum absolute atomic E-state index is 1.36. The molecule has 0 heterocycles. The molecule has 0 atom stereocenters. The normalized spacial score (nSPS) is 6.60. The fourth-order valence-electron chi connectivity index (χ4n) is 0.385. The quantitative estimate of drug-likeness (QED) is 0.174. The zero-order chi connectivity index (χ0) is 25.7. The molecule has 30 heavy (non-hydrogen) atoms. The van der Waals surface area contributed by atoms with Crippen molar-refractivity contribution in [1.29, 1.82) is 0 Å². The number of hydrogen-bond donors (Lipinski definition) is 6. The van der Waals surface area contributed by atoms with E-state index in [1.54, 1.807) is 0 Å². The molecular formula is C12H12Cl6O12. The van der Waals surface area contributed by atoms with E-state index < -0.39 is 32.6 Å². The van der Waals surface area contributed by atoms with Gasteiger partial charge in [-0.2, -0.15) is 0 Å². The van der Waals surface area contributed by atoms with Crippen molar-refractivity contribution in [2.75, 3.05) is 0 Å². The van der Waals surface area contributed by atoms with Crippen molar-refractivity contribution in [2.24, 2.45) is 0 Å². The molecule has 0 unspecified atom stereocenters. The fourth-order valence-corrected chi connectivity index (χ4v) is 0.385. The number of carbonyl (C=O) groups is 6. The molecule has 0 radical (unpaired) electrons. The first kappa shape index (κ1) is 42.0. The lowest BCUT2D eigenvalue weighted by molar-refractivity contribution is 0.219. The summed E-state index contributed by atoms with van der Waals surface area (Å²) < 4.78 is 0. The summed E-state index contributed by atoms with van der Waals surface area (Å²) in [6.07, 6.45) is 0. The molecule has 0 aromatic heterocycles. The van der Waals surface area contributed by atoms with Crippen LogP contribution < -0.4 is 0 Å². The highest BCUT2D eigenvalue weighted by atomic mass is 35.5. The SMILES string of the molecule is O=C(O)Cl.O=C(O)Cl.O=C(O)Cl.O=C(O)Cl.O=C(O)Cl.O=C(O)Cl.c1ccccc1. The van der Waals surface area contributed by atoms with E-state index >= 15 is 0 Å². The number of halogens is 6. The highest BCUT2D eigenvalue weighted by Crippen LogP contribution is 1.80. The van der Waals surface area contributed by atoms with Crippen LogP contribution >= 0.6 is 69.6 Å². The minimum atomic E-state index is -1.36. The van der Waals surface area contributed by atoms with Crippen molar-refractivity contribution >= 4 is 102 Å². The van der Waals surface area contributed by atoms with Crippen LogP contribution in [-0.4, -0.2) is 63.2 Å². The summed E-state index contributed by atoms with van der Waals surface area (Å²) in [7, 11) is 0. The molecule has 1 rings (SSSR count). The third-order valence-corrected chi connectivity index (χ3v) is 0.667. The number of carboxylic acid groups (broad SMARTS) is 6. The lowest BCUT2D eigenvalue weighted by Crippen LogP contribution is -1.66. The van der Waals surface area contributed by atoms with E-state index in [-0.39, 0.29) is 0 Å². The van der Waals surface area contributed by atoms with Crippen LogP contribution in [-0.2, 0) is 0 Å². The first-order valence-corrected chi connectivity index (χ1v) is 7.97. The maximum absolute atomic E-state index is 8.77. The van der Waals surface area contributed by atoms with Crippen LogP contribution in [0.4, 0.5) is 28.8 Å². The van der Waals surface area contributed by atoms with Gasteiger partial charge in [0.25, 0.3) is 0 Å². The van der Waals surface area contributed by atoms with E-state index in [0.717, 1.165) is 0 Å². The summed E-state index contributed by atoms with van der Waals surface area (Å²) in [6, 6.07) is 12.0. The standard InChI is InChI=1S/C6H6.6CHClO2/c1-2-4-6-5-3-1;6*2-1(3)4/h1-6H;6*(H,3,4). The Balaban J connectivity index is -0.0000000565. The maximum atomic E-state index is 8.77. The van der Waals surface area contributed by atoms with Crippen molar-refractivity contribution in [3.05, 3.63) is 36.4 Å². The first-order chi connectivity index (χ1) is 13.4. The molecule has 12 nitrogen and oxygen atoms in total. The third-order valence-electron chi connectivity index (χ3n) is 0.667. The van der Waals surface area contributed by atoms with Gasteiger partial charge < -0.3 is 30.6 Å². The van der Waals surface area contributed by atoms with Crippen LogP contribution in [0, 0.1) is 0 Å². The molecule has 0 bridgehead atoms. The van der Waals surface area contributed by atoms with Crippen LogP contribution in [0.25, 0.3) is 0 Å². The molecule has 174 valence electrons. The summed E-state index contributed by atoms with van der Waals surface area (Å²) in [5.41, 5.74) is -8.17. The predicted molar refractivity (Wildman–Crippen MR) is 110 cm³/mol. The molecule has 0 fully saturated rings. The number of hydrogen-bond acceptors (Lipinski definition) is 6. The number of benzene rings is 1. The summed E-state index contributed by atoms with van der Waals surface area (Å²) in [5, 5.41) is 43.1. The van der Waals surface area contributed by atoms with Gasteiger partial charge in [-0.05, 0) is 0 Å². The van der Waals surface area contributed by atoms with Gasteiger partial charge in [0, 0.05) is 69.6 Å². The van der Waals surface area contributed by atoms with Gasteiger partial charge in [-0.3, -0.25) is 0 Å². The van der Waals surface area contributed by atoms with Crippen LogP contribution in [0.3, 0.4) is 0 Å². The van der Waals surface area contributed by atoms with Gasteiger partial charge in [0.15, 0.2) is 0 Å². The Bertz CT molecular complexity index is 441. The van der Waals surface area contributed by atoms with E-state index in [9.17, 15) is 0 Å². The van der Waals surface area contributed by atoms with Gasteiger partial charge in [0.1, 0.15) is 0 Å². The lowest BCUT2D eigenvalue weighted by atomic mass is 10.4. The van der Waals surface area contributed by atoms with Crippen molar-refractivity contribution in [2.45, 2.75) is 0 Å². The summed E-state index contributed by atoms with van der Waals surface area (Å²) >= 11 is 25.1. The second-order valence-corrected chi connectivity index (χ2v) is 4.61. The number of rotatable bonds is 0. The molecule has 1 aromatic rings. The Morgan fingerprint density at radius 2 is 0.367 bits per heavy atom. The molecule has 0 spiro atoms. The smallest absolute Gasteiger partial charge is 0.401 e. The van der Waals surface area contributed by atoms with Crippen LogP contribution in [0.1, 0.15) is 0 Å².